The van der Waals surface area contributed by atoms with Gasteiger partial charge in [0.1, 0.15) is 6.61 Å². The van der Waals surface area contributed by atoms with E-state index in [0.29, 0.717) is 5.92 Å². The van der Waals surface area contributed by atoms with E-state index in [1.54, 1.807) is 12.8 Å². The summed E-state index contributed by atoms with van der Waals surface area (Å²) in [6.45, 7) is 8.91. The van der Waals surface area contributed by atoms with Gasteiger partial charge in [0.15, 0.2) is 0 Å². The number of rotatable bonds is 7. The first-order valence-electron chi connectivity index (χ1n) is 11.7. The van der Waals surface area contributed by atoms with Crippen LogP contribution in [-0.4, -0.2) is 27.0 Å². The Morgan fingerprint density at radius 3 is 1.60 bits per heavy atom. The minimum Gasteiger partial charge on any atom is -0.463 e. The first kappa shape index (κ1) is 29.8. The minimum atomic E-state index is -2.64. The summed E-state index contributed by atoms with van der Waals surface area (Å²) in [5.41, 5.74) is 0. The van der Waals surface area contributed by atoms with E-state index >= 15 is 0 Å². The third-order valence-corrected chi connectivity index (χ3v) is 10.9. The van der Waals surface area contributed by atoms with E-state index in [2.05, 4.69) is 69.3 Å². The van der Waals surface area contributed by atoms with Crippen molar-refractivity contribution in [3.8, 4) is 0 Å². The smallest absolute Gasteiger partial charge is 0.463 e. The molecule has 2 aliphatic rings. The maximum absolute atomic E-state index is 12.2. The van der Waals surface area contributed by atoms with Crippen molar-refractivity contribution in [2.45, 2.75) is 38.8 Å². The van der Waals surface area contributed by atoms with Crippen molar-refractivity contribution >= 4 is 24.7 Å². The predicted molar refractivity (Wildman–Crippen MR) is 141 cm³/mol. The molecule has 35 heavy (non-hydrogen) atoms. The second-order valence-electron chi connectivity index (χ2n) is 9.33. The molecule has 0 saturated heterocycles. The maximum atomic E-state index is 12.2. The molecule has 2 aromatic carbocycles. The van der Waals surface area contributed by atoms with Crippen molar-refractivity contribution in [1.82, 2.24) is 0 Å². The predicted octanol–water partition coefficient (Wildman–Crippen LogP) is 4.92. The molecule has 1 atom stereocenters. The SMILES string of the molecule is C[C@H](COC(=O)[C]1[CH][CH][CH][CH]1)O[Si](c1ccccc1)(c1ccccc1)C(C)(C)C.[CH]1[CH][CH][CH][CH]1.[Fe+2]. The van der Waals surface area contributed by atoms with Gasteiger partial charge < -0.3 is 9.16 Å². The van der Waals surface area contributed by atoms with Gasteiger partial charge in [0, 0.05) is 0 Å². The van der Waals surface area contributed by atoms with Crippen LogP contribution < -0.4 is 10.4 Å². The van der Waals surface area contributed by atoms with E-state index in [1.807, 2.05) is 64.0 Å². The standard InChI is InChI=1S/C25H29O3Si.C5H5.Fe/c1-20(19-27-24(26)21-13-11-12-14-21)28-29(25(2,3)4,22-15-7-5-8-16-22)23-17-9-6-10-18-23;1-2-4-5-3-1;/h5-18,20H,19H2,1-4H3;1-5H;/q;;+2/t20-;;/m1../s1. The first-order chi connectivity index (χ1) is 16.3. The molecule has 2 aliphatic carbocycles. The summed E-state index contributed by atoms with van der Waals surface area (Å²) in [7, 11) is -2.64. The van der Waals surface area contributed by atoms with Crippen LogP contribution in [0.3, 0.4) is 0 Å². The third kappa shape index (κ3) is 8.05. The second kappa shape index (κ2) is 14.4. The third-order valence-electron chi connectivity index (χ3n) is 5.70. The monoisotopic (exact) mass is 526 g/mol. The zero-order valence-corrected chi connectivity index (χ0v) is 22.9. The molecule has 0 aliphatic heterocycles. The topological polar surface area (TPSA) is 35.5 Å². The number of carbonyl (C=O) groups is 1. The Hall–Kier alpha value is -1.39. The molecule has 182 valence electrons. The number of esters is 1. The van der Waals surface area contributed by atoms with Crippen LogP contribution in [0.1, 0.15) is 27.7 Å². The molecule has 2 saturated carbocycles. The molecule has 2 fully saturated rings. The Kier molecular flexibility index (Phi) is 12.3. The van der Waals surface area contributed by atoms with Gasteiger partial charge in [-0.2, -0.15) is 0 Å². The maximum Gasteiger partial charge on any atom is 2.00 e. The molecular formula is C30H34FeO3Si+2. The Bertz CT molecular complexity index is 809. The Morgan fingerprint density at radius 2 is 1.20 bits per heavy atom. The molecule has 0 spiro atoms. The number of carbonyl (C=O) groups excluding carboxylic acids is 1. The summed E-state index contributed by atoms with van der Waals surface area (Å²) in [6.07, 6.45) is 16.9. The van der Waals surface area contributed by atoms with Gasteiger partial charge in [0.05, 0.1) is 12.0 Å². The van der Waals surface area contributed by atoms with E-state index in [9.17, 15) is 4.79 Å². The van der Waals surface area contributed by atoms with Crippen LogP contribution in [0.15, 0.2) is 60.7 Å². The fraction of sp³-hybridized carbons (Fsp3) is 0.233. The van der Waals surface area contributed by atoms with Crippen molar-refractivity contribution in [3.63, 3.8) is 0 Å². The molecule has 10 radical (unpaired) electrons. The summed E-state index contributed by atoms with van der Waals surface area (Å²) in [5, 5.41) is 2.32. The quantitative estimate of drug-likeness (QED) is 0.380. The largest absolute Gasteiger partial charge is 2.00 e. The van der Waals surface area contributed by atoms with Gasteiger partial charge in [-0.1, -0.05) is 81.4 Å². The number of benzene rings is 2. The molecule has 0 bridgehead atoms. The first-order valence-corrected chi connectivity index (χ1v) is 13.6. The molecule has 0 amide bonds. The van der Waals surface area contributed by atoms with Crippen LogP contribution in [-0.2, 0) is 31.0 Å². The van der Waals surface area contributed by atoms with Crippen molar-refractivity contribution in [3.05, 3.63) is 124 Å². The summed E-state index contributed by atoms with van der Waals surface area (Å²) in [4.78, 5) is 12.2. The molecule has 0 heterocycles. The Balaban J connectivity index is 0.000000640. The van der Waals surface area contributed by atoms with Gasteiger partial charge in [-0.15, -0.1) is 0 Å². The van der Waals surface area contributed by atoms with Gasteiger partial charge in [0.25, 0.3) is 8.32 Å². The van der Waals surface area contributed by atoms with E-state index < -0.39 is 8.32 Å². The molecule has 0 aromatic heterocycles. The summed E-state index contributed by atoms with van der Waals surface area (Å²) in [5.74, 6) is 0.260. The Morgan fingerprint density at radius 1 is 0.771 bits per heavy atom. The fourth-order valence-corrected chi connectivity index (χ4v) is 8.82. The van der Waals surface area contributed by atoms with Crippen molar-refractivity contribution in [2.75, 3.05) is 6.61 Å². The summed E-state index contributed by atoms with van der Waals surface area (Å²) in [6, 6.07) is 21.0. The molecular weight excluding hydrogens is 492 g/mol. The van der Waals surface area contributed by atoms with E-state index in [4.69, 9.17) is 9.16 Å². The second-order valence-corrected chi connectivity index (χ2v) is 13.6. The Labute approximate surface area is 225 Å². The zero-order valence-electron chi connectivity index (χ0n) is 20.8. The fourth-order valence-electron chi connectivity index (χ4n) is 4.13. The van der Waals surface area contributed by atoms with E-state index in [0.717, 1.165) is 0 Å². The normalized spacial score (nSPS) is 17.1. The van der Waals surface area contributed by atoms with Crippen LogP contribution in [0.5, 0.6) is 0 Å². The number of hydrogen-bond acceptors (Lipinski definition) is 3. The van der Waals surface area contributed by atoms with Crippen molar-refractivity contribution < 1.29 is 31.0 Å². The van der Waals surface area contributed by atoms with Crippen molar-refractivity contribution in [1.29, 1.82) is 0 Å². The molecule has 2 aromatic rings. The summed E-state index contributed by atoms with van der Waals surface area (Å²) < 4.78 is 12.4. The molecule has 0 N–H and O–H groups in total. The van der Waals surface area contributed by atoms with Gasteiger partial charge >= 0.3 is 23.0 Å². The van der Waals surface area contributed by atoms with E-state index in [1.165, 1.54) is 10.4 Å². The van der Waals surface area contributed by atoms with Crippen LogP contribution in [0.2, 0.25) is 5.04 Å². The zero-order chi connectivity index (χ0) is 24.4. The summed E-state index contributed by atoms with van der Waals surface area (Å²) >= 11 is 0. The molecule has 5 heteroatoms. The molecule has 3 nitrogen and oxygen atoms in total. The molecule has 0 unspecified atom stereocenters. The van der Waals surface area contributed by atoms with Crippen LogP contribution in [0.25, 0.3) is 0 Å². The van der Waals surface area contributed by atoms with Gasteiger partial charge in [-0.05, 0) is 80.1 Å². The van der Waals surface area contributed by atoms with Crippen LogP contribution >= 0.6 is 0 Å². The van der Waals surface area contributed by atoms with Gasteiger partial charge in [-0.3, -0.25) is 4.79 Å². The van der Waals surface area contributed by atoms with Crippen LogP contribution in [0, 0.1) is 63.7 Å². The van der Waals surface area contributed by atoms with Crippen molar-refractivity contribution in [2.24, 2.45) is 0 Å². The minimum absolute atomic E-state index is 0. The number of hydrogen-bond donors (Lipinski definition) is 0. The van der Waals surface area contributed by atoms with Gasteiger partial charge in [0.2, 0.25) is 0 Å². The number of ether oxygens (including phenoxy) is 1. The van der Waals surface area contributed by atoms with Crippen LogP contribution in [0.4, 0.5) is 0 Å². The average molecular weight is 527 g/mol. The molecule has 4 rings (SSSR count). The average Bonchev–Trinajstić information content (AvgIpc) is 3.58. The van der Waals surface area contributed by atoms with E-state index in [-0.39, 0.29) is 40.8 Å². The van der Waals surface area contributed by atoms with Gasteiger partial charge in [-0.25, -0.2) is 0 Å².